The van der Waals surface area contributed by atoms with E-state index in [1.807, 2.05) is 0 Å². The molecule has 0 spiro atoms. The molecule has 1 heterocycles. The number of H-pyrrole nitrogens is 1. The molecule has 0 saturated carbocycles. The van der Waals surface area contributed by atoms with Gasteiger partial charge in [0.1, 0.15) is 22.6 Å². The van der Waals surface area contributed by atoms with E-state index in [0.717, 1.165) is 6.07 Å². The van der Waals surface area contributed by atoms with E-state index in [1.165, 1.54) is 12.1 Å². The molecule has 140 valence electrons. The zero-order chi connectivity index (χ0) is 19.7. The summed E-state index contributed by atoms with van der Waals surface area (Å²) in [5, 5.41) is 20.3. The average Bonchev–Trinajstić information content (AvgIpc) is 2.94. The predicted octanol–water partition coefficient (Wildman–Crippen LogP) is 5.32. The van der Waals surface area contributed by atoms with Gasteiger partial charge >= 0.3 is 0 Å². The topological polar surface area (TPSA) is 83.8 Å². The van der Waals surface area contributed by atoms with Crippen molar-refractivity contribution >= 4 is 34.7 Å². The summed E-state index contributed by atoms with van der Waals surface area (Å²) < 4.78 is 40.5. The summed E-state index contributed by atoms with van der Waals surface area (Å²) in [4.78, 5) is 10.2. The maximum Gasteiger partial charge on any atom is 0.280 e. The van der Waals surface area contributed by atoms with Crippen LogP contribution in [0, 0.1) is 27.6 Å². The smallest absolute Gasteiger partial charge is 0.280 e. The number of hydrogen-bond donors (Lipinski definition) is 2. The van der Waals surface area contributed by atoms with Crippen LogP contribution in [0.25, 0.3) is 11.1 Å². The molecule has 27 heavy (non-hydrogen) atoms. The number of rotatable bonds is 5. The van der Waals surface area contributed by atoms with Gasteiger partial charge in [0.25, 0.3) is 5.69 Å². The van der Waals surface area contributed by atoms with Gasteiger partial charge < -0.3 is 5.32 Å². The molecule has 0 aliphatic heterocycles. The Balaban J connectivity index is 1.97. The highest BCUT2D eigenvalue weighted by atomic mass is 35.5. The summed E-state index contributed by atoms with van der Waals surface area (Å²) in [6.45, 7) is -0.380. The lowest BCUT2D eigenvalue weighted by Crippen LogP contribution is -2.07. The maximum absolute atomic E-state index is 14.0. The molecule has 0 aliphatic rings. The number of aromatic nitrogens is 2. The van der Waals surface area contributed by atoms with Crippen molar-refractivity contribution in [1.29, 1.82) is 0 Å². The van der Waals surface area contributed by atoms with Crippen LogP contribution in [0.5, 0.6) is 0 Å². The van der Waals surface area contributed by atoms with Crippen molar-refractivity contribution in [2.45, 2.75) is 6.54 Å². The van der Waals surface area contributed by atoms with Gasteiger partial charge in [0.2, 0.25) is 0 Å². The molecule has 1 aromatic heterocycles. The lowest BCUT2D eigenvalue weighted by atomic mass is 10.1. The highest BCUT2D eigenvalue weighted by molar-refractivity contribution is 6.36. The molecule has 3 aromatic rings. The number of nitro benzene ring substituents is 1. The fourth-order valence-electron chi connectivity index (χ4n) is 2.49. The van der Waals surface area contributed by atoms with E-state index in [9.17, 15) is 23.3 Å². The Morgan fingerprint density at radius 1 is 1.15 bits per heavy atom. The molecule has 3 rings (SSSR count). The van der Waals surface area contributed by atoms with Crippen molar-refractivity contribution in [3.63, 3.8) is 0 Å². The normalized spacial score (nSPS) is 10.9. The van der Waals surface area contributed by atoms with E-state index in [1.54, 1.807) is 0 Å². The van der Waals surface area contributed by atoms with Crippen molar-refractivity contribution in [2.24, 2.45) is 0 Å². The minimum Gasteiger partial charge on any atom is -0.364 e. The van der Waals surface area contributed by atoms with Crippen LogP contribution in [0.3, 0.4) is 0 Å². The van der Waals surface area contributed by atoms with Crippen LogP contribution in [0.1, 0.15) is 5.56 Å². The first-order chi connectivity index (χ1) is 12.8. The summed E-state index contributed by atoms with van der Waals surface area (Å²) in [5.74, 6) is -2.60. The van der Waals surface area contributed by atoms with Crippen molar-refractivity contribution in [2.75, 3.05) is 5.32 Å². The predicted molar refractivity (Wildman–Crippen MR) is 94.3 cm³/mol. The number of nitrogens with one attached hydrogen (secondary N) is 2. The van der Waals surface area contributed by atoms with Crippen molar-refractivity contribution in [1.82, 2.24) is 10.2 Å². The number of hydrogen-bond acceptors (Lipinski definition) is 4. The lowest BCUT2D eigenvalue weighted by molar-refractivity contribution is -0.385. The Labute approximate surface area is 160 Å². The van der Waals surface area contributed by atoms with E-state index in [-0.39, 0.29) is 33.7 Å². The van der Waals surface area contributed by atoms with Crippen molar-refractivity contribution in [3.8, 4) is 11.1 Å². The summed E-state index contributed by atoms with van der Waals surface area (Å²) >= 11 is 12.1. The zero-order valence-corrected chi connectivity index (χ0v) is 14.7. The Kier molecular flexibility index (Phi) is 5.24. The Bertz CT molecular complexity index is 1040. The Morgan fingerprint density at radius 2 is 1.89 bits per heavy atom. The van der Waals surface area contributed by atoms with Gasteiger partial charge in [-0.3, -0.25) is 15.2 Å². The van der Waals surface area contributed by atoms with Crippen LogP contribution < -0.4 is 5.32 Å². The van der Waals surface area contributed by atoms with E-state index in [0.29, 0.717) is 17.7 Å². The van der Waals surface area contributed by atoms with Gasteiger partial charge in [-0.25, -0.2) is 13.2 Å². The molecule has 0 unspecified atom stereocenters. The third kappa shape index (κ3) is 3.83. The second-order valence-electron chi connectivity index (χ2n) is 5.38. The fourth-order valence-corrected chi connectivity index (χ4v) is 2.98. The minimum absolute atomic E-state index is 0.0558. The van der Waals surface area contributed by atoms with Gasteiger partial charge in [-0.2, -0.15) is 5.10 Å². The van der Waals surface area contributed by atoms with Crippen LogP contribution in [0.15, 0.2) is 30.3 Å². The molecule has 0 amide bonds. The Morgan fingerprint density at radius 3 is 2.56 bits per heavy atom. The van der Waals surface area contributed by atoms with Gasteiger partial charge in [-0.05, 0) is 18.2 Å². The first-order valence-corrected chi connectivity index (χ1v) is 8.09. The second-order valence-corrected chi connectivity index (χ2v) is 6.17. The van der Waals surface area contributed by atoms with Crippen LogP contribution in [-0.4, -0.2) is 15.1 Å². The molecule has 0 bridgehead atoms. The molecule has 0 radical (unpaired) electrons. The van der Waals surface area contributed by atoms with Crippen LogP contribution in [0.4, 0.5) is 24.7 Å². The monoisotopic (exact) mass is 416 g/mol. The number of halogens is 5. The maximum atomic E-state index is 14.0. The summed E-state index contributed by atoms with van der Waals surface area (Å²) in [7, 11) is 0. The molecule has 0 aliphatic carbocycles. The third-order valence-electron chi connectivity index (χ3n) is 3.69. The molecule has 2 N–H and O–H groups in total. The summed E-state index contributed by atoms with van der Waals surface area (Å²) in [6.07, 6.45) is 0. The first-order valence-electron chi connectivity index (χ1n) is 7.33. The largest absolute Gasteiger partial charge is 0.364 e. The molecular weight excluding hydrogens is 408 g/mol. The highest BCUT2D eigenvalue weighted by Crippen LogP contribution is 2.38. The molecule has 0 saturated heterocycles. The molecule has 6 nitrogen and oxygen atoms in total. The van der Waals surface area contributed by atoms with E-state index >= 15 is 0 Å². The van der Waals surface area contributed by atoms with Gasteiger partial charge in [-0.1, -0.05) is 23.2 Å². The average molecular weight is 417 g/mol. The minimum atomic E-state index is -1.09. The highest BCUT2D eigenvalue weighted by Gasteiger charge is 2.22. The summed E-state index contributed by atoms with van der Waals surface area (Å²) in [5.41, 5.74) is -0.472. The molecule has 11 heteroatoms. The van der Waals surface area contributed by atoms with E-state index in [4.69, 9.17) is 23.2 Å². The van der Waals surface area contributed by atoms with E-state index in [2.05, 4.69) is 15.5 Å². The molecular formula is C16H9Cl2F3N4O2. The van der Waals surface area contributed by atoms with E-state index < -0.39 is 28.1 Å². The van der Waals surface area contributed by atoms with Crippen molar-refractivity contribution < 1.29 is 18.1 Å². The molecule has 0 atom stereocenters. The number of anilines is 1. The number of nitrogens with zero attached hydrogens (tertiary/aromatic N) is 2. The SMILES string of the molecule is O=[N+]([O-])c1cc(F)cc(F)c1CNc1n[nH]c(Cl)c1-c1ccc(F)cc1Cl. The third-order valence-corrected chi connectivity index (χ3v) is 4.27. The second kappa shape index (κ2) is 7.45. The number of aromatic amines is 1. The van der Waals surface area contributed by atoms with Gasteiger partial charge in [0.05, 0.1) is 33.7 Å². The van der Waals surface area contributed by atoms with Gasteiger partial charge in [0.15, 0.2) is 5.82 Å². The quantitative estimate of drug-likeness (QED) is 0.435. The molecule has 2 aromatic carbocycles. The van der Waals surface area contributed by atoms with Crippen LogP contribution >= 0.6 is 23.2 Å². The lowest BCUT2D eigenvalue weighted by Gasteiger charge is -2.09. The Hall–Kier alpha value is -2.78. The first kappa shape index (κ1) is 19.0. The van der Waals surface area contributed by atoms with Crippen molar-refractivity contribution in [3.05, 3.63) is 73.6 Å². The number of benzene rings is 2. The van der Waals surface area contributed by atoms with Gasteiger partial charge in [0, 0.05) is 11.6 Å². The fraction of sp³-hybridized carbons (Fsp3) is 0.0625. The number of nitro groups is 1. The standard InChI is InChI=1S/C16H9Cl2F3N4O2/c17-11-3-7(19)1-2-9(11)14-15(18)23-24-16(14)22-6-10-12(21)4-8(20)5-13(10)25(26)27/h1-5H,6H2,(H2,22,23,24). The van der Waals surface area contributed by atoms with Crippen LogP contribution in [-0.2, 0) is 6.54 Å². The summed E-state index contributed by atoms with van der Waals surface area (Å²) in [6, 6.07) is 4.78. The van der Waals surface area contributed by atoms with Crippen LogP contribution in [0.2, 0.25) is 10.2 Å². The molecule has 0 fully saturated rings. The van der Waals surface area contributed by atoms with Gasteiger partial charge in [-0.15, -0.1) is 0 Å². The zero-order valence-electron chi connectivity index (χ0n) is 13.2.